The molecule has 0 aliphatic carbocycles. The number of hydrogen-bond acceptors (Lipinski definition) is 2. The Hall–Kier alpha value is -1.61. The van der Waals surface area contributed by atoms with Gasteiger partial charge >= 0.3 is 0 Å². The van der Waals surface area contributed by atoms with Gasteiger partial charge in [0, 0.05) is 32.1 Å². The quantitative estimate of drug-likeness (QED) is 0.766. The lowest BCUT2D eigenvalue weighted by Gasteiger charge is -2.08. The molecule has 0 spiro atoms. The zero-order valence-electron chi connectivity index (χ0n) is 8.85. The van der Waals surface area contributed by atoms with Gasteiger partial charge in [0.1, 0.15) is 0 Å². The Labute approximate surface area is 98.7 Å². The van der Waals surface area contributed by atoms with E-state index in [9.17, 15) is 4.79 Å². The van der Waals surface area contributed by atoms with Crippen molar-refractivity contribution in [2.24, 2.45) is 0 Å². The number of Topliss-reactive ketones (excluding diaryl/α,β-unsaturated/α-hetero) is 1. The lowest BCUT2D eigenvalue weighted by molar-refractivity contribution is 0.100. The van der Waals surface area contributed by atoms with Gasteiger partial charge in [-0.25, -0.2) is 0 Å². The van der Waals surface area contributed by atoms with E-state index >= 15 is 0 Å². The van der Waals surface area contributed by atoms with Crippen molar-refractivity contribution in [1.29, 1.82) is 0 Å². The molecule has 0 atom stereocenters. The Morgan fingerprint density at radius 1 is 1.50 bits per heavy atom. The highest BCUT2D eigenvalue weighted by Crippen LogP contribution is 2.16. The largest absolute Gasteiger partial charge is 0.341 e. The summed E-state index contributed by atoms with van der Waals surface area (Å²) >= 11 is 6.01. The van der Waals surface area contributed by atoms with E-state index in [0.29, 0.717) is 17.3 Å². The standard InChI is InChI=1S/C12H11ClN2O/c1-9(16)12-3-2-6-15(12)8-10-4-5-14-7-11(10)13/h2-7H,8H2,1H3. The van der Waals surface area contributed by atoms with Gasteiger partial charge in [0.25, 0.3) is 0 Å². The molecule has 0 unspecified atom stereocenters. The lowest BCUT2D eigenvalue weighted by atomic mass is 10.2. The summed E-state index contributed by atoms with van der Waals surface area (Å²) in [4.78, 5) is 15.3. The van der Waals surface area contributed by atoms with Crippen LogP contribution in [0.2, 0.25) is 5.02 Å². The molecule has 2 heterocycles. The molecule has 82 valence electrons. The number of nitrogens with zero attached hydrogens (tertiary/aromatic N) is 2. The van der Waals surface area contributed by atoms with Crippen LogP contribution in [0, 0.1) is 0 Å². The molecule has 0 amide bonds. The van der Waals surface area contributed by atoms with E-state index < -0.39 is 0 Å². The van der Waals surface area contributed by atoms with Crippen LogP contribution in [0.4, 0.5) is 0 Å². The van der Waals surface area contributed by atoms with Crippen molar-refractivity contribution in [3.63, 3.8) is 0 Å². The Morgan fingerprint density at radius 3 is 3.00 bits per heavy atom. The van der Waals surface area contributed by atoms with E-state index in [1.165, 1.54) is 0 Å². The molecule has 0 saturated carbocycles. The van der Waals surface area contributed by atoms with Crippen molar-refractivity contribution < 1.29 is 4.79 Å². The van der Waals surface area contributed by atoms with E-state index in [-0.39, 0.29) is 5.78 Å². The Morgan fingerprint density at radius 2 is 2.31 bits per heavy atom. The maximum atomic E-state index is 11.3. The minimum Gasteiger partial charge on any atom is -0.341 e. The van der Waals surface area contributed by atoms with Crippen LogP contribution in [0.15, 0.2) is 36.8 Å². The lowest BCUT2D eigenvalue weighted by Crippen LogP contribution is -2.07. The number of halogens is 1. The van der Waals surface area contributed by atoms with Crippen LogP contribution in [-0.2, 0) is 6.54 Å². The summed E-state index contributed by atoms with van der Waals surface area (Å²) in [5, 5.41) is 0.616. The van der Waals surface area contributed by atoms with E-state index in [2.05, 4.69) is 4.98 Å². The number of aromatic nitrogens is 2. The fourth-order valence-corrected chi connectivity index (χ4v) is 1.77. The number of carbonyl (C=O) groups is 1. The molecule has 0 N–H and O–H groups in total. The van der Waals surface area contributed by atoms with E-state index in [1.807, 2.05) is 22.9 Å². The summed E-state index contributed by atoms with van der Waals surface area (Å²) in [6, 6.07) is 5.51. The third-order valence-electron chi connectivity index (χ3n) is 2.39. The Balaban J connectivity index is 2.31. The second-order valence-electron chi connectivity index (χ2n) is 3.54. The molecule has 0 aliphatic heterocycles. The topological polar surface area (TPSA) is 34.9 Å². The first-order chi connectivity index (χ1) is 7.68. The molecular weight excluding hydrogens is 224 g/mol. The molecule has 2 aromatic rings. The van der Waals surface area contributed by atoms with Gasteiger partial charge in [-0.3, -0.25) is 9.78 Å². The minimum absolute atomic E-state index is 0.0511. The monoisotopic (exact) mass is 234 g/mol. The summed E-state index contributed by atoms with van der Waals surface area (Å²) < 4.78 is 1.88. The molecule has 3 nitrogen and oxygen atoms in total. The second kappa shape index (κ2) is 4.49. The normalized spacial score (nSPS) is 10.4. The van der Waals surface area contributed by atoms with Crippen LogP contribution >= 0.6 is 11.6 Å². The number of rotatable bonds is 3. The SMILES string of the molecule is CC(=O)c1cccn1Cc1ccncc1Cl. The zero-order chi connectivity index (χ0) is 11.5. The van der Waals surface area contributed by atoms with Gasteiger partial charge in [-0.05, 0) is 23.8 Å². The Bertz CT molecular complexity index is 519. The van der Waals surface area contributed by atoms with Gasteiger partial charge in [0.05, 0.1) is 10.7 Å². The average molecular weight is 235 g/mol. The maximum Gasteiger partial charge on any atom is 0.176 e. The highest BCUT2D eigenvalue weighted by Gasteiger charge is 2.07. The summed E-state index contributed by atoms with van der Waals surface area (Å²) in [6.45, 7) is 2.14. The summed E-state index contributed by atoms with van der Waals surface area (Å²) in [7, 11) is 0. The average Bonchev–Trinajstić information content (AvgIpc) is 2.69. The molecule has 0 aliphatic rings. The van der Waals surface area contributed by atoms with Gasteiger partial charge in [0.2, 0.25) is 0 Å². The molecule has 0 bridgehead atoms. The predicted octanol–water partition coefficient (Wildman–Crippen LogP) is 2.79. The van der Waals surface area contributed by atoms with Crippen molar-refractivity contribution in [3.05, 3.63) is 53.1 Å². The van der Waals surface area contributed by atoms with Crippen molar-refractivity contribution in [2.45, 2.75) is 13.5 Å². The van der Waals surface area contributed by atoms with Crippen molar-refractivity contribution in [2.75, 3.05) is 0 Å². The summed E-state index contributed by atoms with van der Waals surface area (Å²) in [5.41, 5.74) is 1.64. The van der Waals surface area contributed by atoms with Gasteiger partial charge in [-0.15, -0.1) is 0 Å². The molecule has 2 rings (SSSR count). The van der Waals surface area contributed by atoms with E-state index in [4.69, 9.17) is 11.6 Å². The molecule has 0 radical (unpaired) electrons. The fourth-order valence-electron chi connectivity index (χ4n) is 1.59. The van der Waals surface area contributed by atoms with Gasteiger partial charge in [0.15, 0.2) is 5.78 Å². The summed E-state index contributed by atoms with van der Waals surface area (Å²) in [6.07, 6.45) is 5.17. The summed E-state index contributed by atoms with van der Waals surface area (Å²) in [5.74, 6) is 0.0511. The zero-order valence-corrected chi connectivity index (χ0v) is 9.61. The van der Waals surface area contributed by atoms with Crippen LogP contribution in [0.1, 0.15) is 23.0 Å². The maximum absolute atomic E-state index is 11.3. The molecule has 16 heavy (non-hydrogen) atoms. The van der Waals surface area contributed by atoms with Gasteiger partial charge < -0.3 is 4.57 Å². The van der Waals surface area contributed by atoms with Crippen LogP contribution in [0.5, 0.6) is 0 Å². The fraction of sp³-hybridized carbons (Fsp3) is 0.167. The highest BCUT2D eigenvalue weighted by molar-refractivity contribution is 6.31. The third-order valence-corrected chi connectivity index (χ3v) is 2.73. The second-order valence-corrected chi connectivity index (χ2v) is 3.95. The van der Waals surface area contributed by atoms with Crippen molar-refractivity contribution >= 4 is 17.4 Å². The first-order valence-electron chi connectivity index (χ1n) is 4.93. The van der Waals surface area contributed by atoms with Crippen LogP contribution < -0.4 is 0 Å². The molecule has 2 aromatic heterocycles. The first-order valence-corrected chi connectivity index (χ1v) is 5.31. The molecule has 4 heteroatoms. The van der Waals surface area contributed by atoms with Crippen molar-refractivity contribution in [3.8, 4) is 0 Å². The van der Waals surface area contributed by atoms with E-state index in [1.54, 1.807) is 25.4 Å². The molecular formula is C12H11ClN2O. The highest BCUT2D eigenvalue weighted by atomic mass is 35.5. The molecule has 0 saturated heterocycles. The number of carbonyl (C=O) groups excluding carboxylic acids is 1. The van der Waals surface area contributed by atoms with Gasteiger partial charge in [-0.2, -0.15) is 0 Å². The van der Waals surface area contributed by atoms with Gasteiger partial charge in [-0.1, -0.05) is 11.6 Å². The molecule has 0 fully saturated rings. The number of hydrogen-bond donors (Lipinski definition) is 0. The van der Waals surface area contributed by atoms with Crippen molar-refractivity contribution in [1.82, 2.24) is 9.55 Å². The number of pyridine rings is 1. The molecule has 0 aromatic carbocycles. The van der Waals surface area contributed by atoms with Crippen LogP contribution in [0.3, 0.4) is 0 Å². The Kier molecular flexibility index (Phi) is 3.06. The van der Waals surface area contributed by atoms with Crippen LogP contribution in [-0.4, -0.2) is 15.3 Å². The first kappa shape index (κ1) is 10.9. The van der Waals surface area contributed by atoms with Crippen LogP contribution in [0.25, 0.3) is 0 Å². The number of ketones is 1. The third kappa shape index (κ3) is 2.14. The minimum atomic E-state index is 0.0511. The van der Waals surface area contributed by atoms with E-state index in [0.717, 1.165) is 5.56 Å². The predicted molar refractivity (Wildman–Crippen MR) is 62.8 cm³/mol. The smallest absolute Gasteiger partial charge is 0.176 e.